The lowest BCUT2D eigenvalue weighted by atomic mass is 10.00. The van der Waals surface area contributed by atoms with E-state index in [1.54, 1.807) is 32.4 Å². The van der Waals surface area contributed by atoms with Crippen LogP contribution in [-0.4, -0.2) is 56.7 Å². The molecule has 4 rings (SSSR count). The minimum atomic E-state index is -0.895. The molecule has 0 spiro atoms. The van der Waals surface area contributed by atoms with Crippen LogP contribution in [0.25, 0.3) is 22.4 Å². The normalized spacial score (nSPS) is 16.3. The second-order valence-corrected chi connectivity index (χ2v) is 10.3. The van der Waals surface area contributed by atoms with Gasteiger partial charge in [0.15, 0.2) is 0 Å². The van der Waals surface area contributed by atoms with Crippen LogP contribution < -0.4 is 10.9 Å². The Labute approximate surface area is 217 Å². The average Bonchev–Trinajstić information content (AvgIpc) is 3.19. The first-order valence-electron chi connectivity index (χ1n) is 13.0. The third-order valence-corrected chi connectivity index (χ3v) is 6.83. The third kappa shape index (κ3) is 6.29. The number of rotatable bonds is 9. The summed E-state index contributed by atoms with van der Waals surface area (Å²) in [6, 6.07) is 7.16. The first kappa shape index (κ1) is 27.0. The fourth-order valence-corrected chi connectivity index (χ4v) is 4.86. The number of pyridine rings is 1. The average molecular weight is 511 g/mol. The van der Waals surface area contributed by atoms with Gasteiger partial charge in [0.05, 0.1) is 23.2 Å². The minimum absolute atomic E-state index is 0.0205. The number of fused-ring (bicyclic) bond motifs is 1. The maximum absolute atomic E-state index is 12.4. The zero-order valence-electron chi connectivity index (χ0n) is 22.4. The largest absolute Gasteiger partial charge is 0.462 e. The molecule has 37 heavy (non-hydrogen) atoms. The number of aliphatic hydroxyl groups excluding tert-OH is 1. The van der Waals surface area contributed by atoms with Crippen LogP contribution >= 0.6 is 0 Å². The maximum atomic E-state index is 12.4. The van der Waals surface area contributed by atoms with Crippen molar-refractivity contribution in [2.75, 3.05) is 13.2 Å². The number of hydrogen-bond donors (Lipinski definition) is 2. The predicted octanol–water partition coefficient (Wildman–Crippen LogP) is 2.93. The molecule has 1 aliphatic rings. The number of aromatic nitrogens is 3. The van der Waals surface area contributed by atoms with Crippen LogP contribution in [0, 0.1) is 12.8 Å². The van der Waals surface area contributed by atoms with Gasteiger partial charge in [-0.1, -0.05) is 6.07 Å². The molecule has 1 aliphatic heterocycles. The summed E-state index contributed by atoms with van der Waals surface area (Å²) in [4.78, 5) is 29.7. The molecule has 2 atom stereocenters. The molecule has 1 fully saturated rings. The summed E-state index contributed by atoms with van der Waals surface area (Å²) in [5, 5.41) is 13.3. The molecule has 9 nitrogen and oxygen atoms in total. The number of nitrogens with zero attached hydrogens (tertiary/aromatic N) is 3. The molecule has 3 aromatic rings. The number of carbonyl (C=O) groups excluding carboxylic acids is 1. The van der Waals surface area contributed by atoms with Gasteiger partial charge >= 0.3 is 5.97 Å². The van der Waals surface area contributed by atoms with Crippen molar-refractivity contribution in [1.82, 2.24) is 19.4 Å². The molecule has 1 saturated heterocycles. The third-order valence-electron chi connectivity index (χ3n) is 6.83. The SMILES string of the molecule is Cc1cc(-c2nc3cc(CN[C@@H](C(=O)OC(C)C)C(C)O)ccc3n2CC2CCOCC2)cn(C)c1=O. The highest BCUT2D eigenvalue weighted by Crippen LogP contribution is 2.29. The molecule has 3 heterocycles. The fourth-order valence-electron chi connectivity index (χ4n) is 4.86. The summed E-state index contributed by atoms with van der Waals surface area (Å²) in [5.41, 5.74) is 4.34. The van der Waals surface area contributed by atoms with Gasteiger partial charge in [0.2, 0.25) is 0 Å². The first-order valence-corrected chi connectivity index (χ1v) is 13.0. The topological polar surface area (TPSA) is 108 Å². The van der Waals surface area contributed by atoms with Crippen LogP contribution in [0.15, 0.2) is 35.3 Å². The Bertz CT molecular complexity index is 1280. The van der Waals surface area contributed by atoms with Gasteiger partial charge in [-0.2, -0.15) is 0 Å². The Balaban J connectivity index is 1.67. The molecule has 200 valence electrons. The number of benzene rings is 1. The van der Waals surface area contributed by atoms with Crippen LogP contribution in [-0.2, 0) is 34.4 Å². The minimum Gasteiger partial charge on any atom is -0.462 e. The van der Waals surface area contributed by atoms with Crippen LogP contribution in [0.4, 0.5) is 0 Å². The Morgan fingerprint density at radius 1 is 1.24 bits per heavy atom. The smallest absolute Gasteiger partial charge is 0.326 e. The van der Waals surface area contributed by atoms with Crippen molar-refractivity contribution >= 4 is 17.0 Å². The summed E-state index contributed by atoms with van der Waals surface area (Å²) in [6.45, 7) is 9.69. The van der Waals surface area contributed by atoms with Gasteiger partial charge in [0.1, 0.15) is 11.9 Å². The second-order valence-electron chi connectivity index (χ2n) is 10.3. The summed E-state index contributed by atoms with van der Waals surface area (Å²) >= 11 is 0. The standard InChI is InChI=1S/C28H38N4O5/c1-17(2)37-28(35)25(19(4)33)29-14-21-6-7-24-23(13-21)30-26(22-12-18(3)27(34)31(5)16-22)32(24)15-20-8-10-36-11-9-20/h6-7,12-13,16-17,19-20,25,29,33H,8-11,14-15H2,1-5H3/t19?,25-/m1/s1. The monoisotopic (exact) mass is 510 g/mol. The van der Waals surface area contributed by atoms with Crippen molar-refractivity contribution in [2.24, 2.45) is 13.0 Å². The predicted molar refractivity (Wildman–Crippen MR) is 142 cm³/mol. The molecule has 0 bridgehead atoms. The van der Waals surface area contributed by atoms with Crippen molar-refractivity contribution in [2.45, 2.75) is 71.9 Å². The number of nitrogens with one attached hydrogen (secondary N) is 1. The van der Waals surface area contributed by atoms with Gasteiger partial charge < -0.3 is 23.7 Å². The van der Waals surface area contributed by atoms with Crippen LogP contribution in [0.3, 0.4) is 0 Å². The van der Waals surface area contributed by atoms with Crippen LogP contribution in [0.1, 0.15) is 44.7 Å². The number of aryl methyl sites for hydroxylation is 2. The van der Waals surface area contributed by atoms with Gasteiger partial charge in [0.25, 0.3) is 5.56 Å². The van der Waals surface area contributed by atoms with Crippen LogP contribution in [0.2, 0.25) is 0 Å². The van der Waals surface area contributed by atoms with E-state index in [4.69, 9.17) is 14.5 Å². The quantitative estimate of drug-likeness (QED) is 0.426. The fraction of sp³-hybridized carbons (Fsp3) is 0.536. The van der Waals surface area contributed by atoms with Gasteiger partial charge in [-0.05, 0) is 70.2 Å². The lowest BCUT2D eigenvalue weighted by Gasteiger charge is -2.23. The number of ether oxygens (including phenoxy) is 2. The lowest BCUT2D eigenvalue weighted by molar-refractivity contribution is -0.152. The van der Waals surface area contributed by atoms with Gasteiger partial charge in [-0.15, -0.1) is 0 Å². The highest BCUT2D eigenvalue weighted by molar-refractivity contribution is 5.81. The van der Waals surface area contributed by atoms with E-state index in [9.17, 15) is 14.7 Å². The number of hydrogen-bond acceptors (Lipinski definition) is 7. The summed E-state index contributed by atoms with van der Waals surface area (Å²) in [5.74, 6) is 0.838. The first-order chi connectivity index (χ1) is 17.6. The van der Waals surface area contributed by atoms with Gasteiger partial charge in [0, 0.05) is 50.7 Å². The summed E-state index contributed by atoms with van der Waals surface area (Å²) < 4.78 is 14.7. The van der Waals surface area contributed by atoms with E-state index in [-0.39, 0.29) is 11.7 Å². The van der Waals surface area contributed by atoms with E-state index >= 15 is 0 Å². The summed E-state index contributed by atoms with van der Waals surface area (Å²) in [7, 11) is 1.76. The van der Waals surface area contributed by atoms with E-state index < -0.39 is 18.1 Å². The van der Waals surface area contributed by atoms with Crippen molar-refractivity contribution in [3.63, 3.8) is 0 Å². The van der Waals surface area contributed by atoms with E-state index in [2.05, 4.69) is 16.0 Å². The Morgan fingerprint density at radius 3 is 2.62 bits per heavy atom. The molecule has 0 amide bonds. The van der Waals surface area contributed by atoms with Crippen LogP contribution in [0.5, 0.6) is 0 Å². The van der Waals surface area contributed by atoms with Crippen molar-refractivity contribution in [3.8, 4) is 11.4 Å². The molecule has 1 aromatic carbocycles. The molecule has 2 N–H and O–H groups in total. The number of carbonyl (C=O) groups is 1. The molecule has 0 aliphatic carbocycles. The second kappa shape index (κ2) is 11.6. The highest BCUT2D eigenvalue weighted by Gasteiger charge is 2.26. The highest BCUT2D eigenvalue weighted by atomic mass is 16.5. The van der Waals surface area contributed by atoms with Crippen molar-refractivity contribution in [3.05, 3.63) is 51.9 Å². The van der Waals surface area contributed by atoms with E-state index in [0.717, 1.165) is 60.6 Å². The van der Waals surface area contributed by atoms with Gasteiger partial charge in [-0.25, -0.2) is 4.98 Å². The number of imidazole rings is 1. The lowest BCUT2D eigenvalue weighted by Crippen LogP contribution is -2.46. The Morgan fingerprint density at radius 2 is 1.97 bits per heavy atom. The Hall–Kier alpha value is -3.01. The molecule has 1 unspecified atom stereocenters. The van der Waals surface area contributed by atoms with Crippen molar-refractivity contribution in [1.29, 1.82) is 0 Å². The summed E-state index contributed by atoms with van der Waals surface area (Å²) in [6.07, 6.45) is 2.69. The number of aliphatic hydroxyl groups is 1. The van der Waals surface area contributed by atoms with E-state index in [1.165, 1.54) is 0 Å². The zero-order valence-corrected chi connectivity index (χ0v) is 22.4. The molecular formula is C28H38N4O5. The van der Waals surface area contributed by atoms with Gasteiger partial charge in [-0.3, -0.25) is 14.9 Å². The molecular weight excluding hydrogens is 472 g/mol. The number of esters is 1. The van der Waals surface area contributed by atoms with E-state index in [0.29, 0.717) is 18.0 Å². The Kier molecular flexibility index (Phi) is 8.46. The maximum Gasteiger partial charge on any atom is 0.326 e. The molecule has 0 radical (unpaired) electrons. The van der Waals surface area contributed by atoms with Crippen molar-refractivity contribution < 1.29 is 19.4 Å². The zero-order chi connectivity index (χ0) is 26.7. The molecule has 0 saturated carbocycles. The van der Waals surface area contributed by atoms with E-state index in [1.807, 2.05) is 31.3 Å². The molecule has 9 heteroatoms. The molecule has 2 aromatic heterocycles.